The number of amides is 1. The Labute approximate surface area is 171 Å². The van der Waals surface area contributed by atoms with Crippen molar-refractivity contribution in [3.8, 4) is 0 Å². The molecule has 0 aliphatic heterocycles. The summed E-state index contributed by atoms with van der Waals surface area (Å²) in [6.07, 6.45) is 4.82. The number of oxazole rings is 1. The number of fused-ring (bicyclic) bond motifs is 2. The average molecular weight is 407 g/mol. The fraction of sp³-hybridized carbons (Fsp3) is 0.300. The van der Waals surface area contributed by atoms with Crippen molar-refractivity contribution in [1.29, 1.82) is 0 Å². The number of aromatic nitrogens is 4. The van der Waals surface area contributed by atoms with E-state index in [2.05, 4.69) is 31.0 Å². The molecule has 1 fully saturated rings. The van der Waals surface area contributed by atoms with Gasteiger partial charge in [0.15, 0.2) is 17.6 Å². The molecule has 3 N–H and O–H groups in total. The Morgan fingerprint density at radius 3 is 3.00 bits per heavy atom. The fourth-order valence-corrected chi connectivity index (χ4v) is 3.65. The van der Waals surface area contributed by atoms with Crippen LogP contribution >= 0.6 is 0 Å². The van der Waals surface area contributed by atoms with Crippen LogP contribution in [0.5, 0.6) is 0 Å². The van der Waals surface area contributed by atoms with Gasteiger partial charge in [0.1, 0.15) is 22.7 Å². The average Bonchev–Trinajstić information content (AvgIpc) is 3.38. The van der Waals surface area contributed by atoms with E-state index in [1.807, 2.05) is 24.3 Å². The normalized spacial score (nSPS) is 18.3. The van der Waals surface area contributed by atoms with Gasteiger partial charge in [-0.05, 0) is 25.0 Å². The van der Waals surface area contributed by atoms with Gasteiger partial charge in [-0.2, -0.15) is 9.61 Å². The Morgan fingerprint density at radius 1 is 1.33 bits per heavy atom. The third kappa shape index (κ3) is 3.01. The summed E-state index contributed by atoms with van der Waals surface area (Å²) in [5.74, 6) is 1.02. The molecule has 2 unspecified atom stereocenters. The maximum Gasteiger partial charge on any atom is 0.257 e. The summed E-state index contributed by atoms with van der Waals surface area (Å²) in [5.41, 5.74) is 2.97. The number of anilines is 3. The van der Waals surface area contributed by atoms with E-state index < -0.39 is 0 Å². The first kappa shape index (κ1) is 18.4. The van der Waals surface area contributed by atoms with Crippen LogP contribution in [0, 0.1) is 0 Å². The molecule has 3 heterocycles. The fourth-order valence-electron chi connectivity index (χ4n) is 3.65. The van der Waals surface area contributed by atoms with Crippen LogP contribution in [0.1, 0.15) is 23.2 Å². The second kappa shape index (κ2) is 7.30. The summed E-state index contributed by atoms with van der Waals surface area (Å²) in [4.78, 5) is 21.8. The SMILES string of the molecule is CNc1cc(Nc2cccc3ocnc23)nc2c(C(=O)NC3CCC3OC)cnn12. The quantitative estimate of drug-likeness (QED) is 0.446. The van der Waals surface area contributed by atoms with Crippen molar-refractivity contribution in [2.75, 3.05) is 24.8 Å². The first-order valence-electron chi connectivity index (χ1n) is 9.67. The first-order valence-corrected chi connectivity index (χ1v) is 9.67. The van der Waals surface area contributed by atoms with Gasteiger partial charge in [-0.15, -0.1) is 0 Å². The van der Waals surface area contributed by atoms with Crippen LogP contribution in [0.4, 0.5) is 17.3 Å². The largest absolute Gasteiger partial charge is 0.443 e. The zero-order valence-corrected chi connectivity index (χ0v) is 16.5. The standard InChI is InChI=1S/C20H21N7O3/c1-21-17-8-16(24-13-4-3-5-15-18(13)22-10-30-15)26-19-11(9-23-27(17)19)20(28)25-12-6-7-14(12)29-2/h3-5,8-10,12,14,21H,6-7H2,1-2H3,(H,24,26)(H,25,28). The topological polar surface area (TPSA) is 119 Å². The molecule has 4 aromatic rings. The van der Waals surface area contributed by atoms with E-state index in [4.69, 9.17) is 9.15 Å². The number of para-hydroxylation sites is 1. The smallest absolute Gasteiger partial charge is 0.257 e. The van der Waals surface area contributed by atoms with Gasteiger partial charge in [0, 0.05) is 20.2 Å². The summed E-state index contributed by atoms with van der Waals surface area (Å²) >= 11 is 0. The molecular weight excluding hydrogens is 386 g/mol. The highest BCUT2D eigenvalue weighted by atomic mass is 16.5. The van der Waals surface area contributed by atoms with Crippen LogP contribution in [0.25, 0.3) is 16.7 Å². The van der Waals surface area contributed by atoms with E-state index in [-0.39, 0.29) is 18.1 Å². The summed E-state index contributed by atoms with van der Waals surface area (Å²) in [5, 5.41) is 13.7. The van der Waals surface area contributed by atoms with Gasteiger partial charge in [0.05, 0.1) is 24.0 Å². The van der Waals surface area contributed by atoms with Crippen LogP contribution in [0.3, 0.4) is 0 Å². The minimum Gasteiger partial charge on any atom is -0.443 e. The first-order chi connectivity index (χ1) is 14.7. The van der Waals surface area contributed by atoms with Crippen LogP contribution in [0.2, 0.25) is 0 Å². The molecule has 2 atom stereocenters. The maximum absolute atomic E-state index is 12.9. The van der Waals surface area contributed by atoms with E-state index >= 15 is 0 Å². The molecule has 30 heavy (non-hydrogen) atoms. The predicted molar refractivity (Wildman–Crippen MR) is 111 cm³/mol. The molecule has 0 radical (unpaired) electrons. The predicted octanol–water partition coefficient (Wildman–Crippen LogP) is 2.56. The number of carbonyl (C=O) groups excluding carboxylic acids is 1. The molecule has 1 aliphatic rings. The zero-order chi connectivity index (χ0) is 20.7. The van der Waals surface area contributed by atoms with Gasteiger partial charge in [-0.3, -0.25) is 4.79 Å². The van der Waals surface area contributed by atoms with Crippen molar-refractivity contribution in [3.63, 3.8) is 0 Å². The molecule has 154 valence electrons. The van der Waals surface area contributed by atoms with Gasteiger partial charge in [0.2, 0.25) is 0 Å². The molecule has 5 rings (SSSR count). The summed E-state index contributed by atoms with van der Waals surface area (Å²) in [6, 6.07) is 7.42. The van der Waals surface area contributed by atoms with E-state index in [0.29, 0.717) is 33.9 Å². The van der Waals surface area contributed by atoms with Crippen molar-refractivity contribution in [3.05, 3.63) is 42.4 Å². The molecule has 1 saturated carbocycles. The third-order valence-corrected chi connectivity index (χ3v) is 5.43. The number of rotatable bonds is 6. The van der Waals surface area contributed by atoms with E-state index in [1.54, 1.807) is 18.7 Å². The van der Waals surface area contributed by atoms with Crippen LogP contribution in [0.15, 0.2) is 41.3 Å². The molecular formula is C20H21N7O3. The summed E-state index contributed by atoms with van der Waals surface area (Å²) in [7, 11) is 3.45. The van der Waals surface area contributed by atoms with Gasteiger partial charge in [-0.1, -0.05) is 6.07 Å². The van der Waals surface area contributed by atoms with Crippen molar-refractivity contribution in [1.82, 2.24) is 24.9 Å². The van der Waals surface area contributed by atoms with Crippen molar-refractivity contribution >= 4 is 40.0 Å². The maximum atomic E-state index is 12.9. The van der Waals surface area contributed by atoms with Gasteiger partial charge in [-0.25, -0.2) is 9.97 Å². The number of hydrogen-bond acceptors (Lipinski definition) is 8. The summed E-state index contributed by atoms with van der Waals surface area (Å²) < 4.78 is 12.3. The number of hydrogen-bond donors (Lipinski definition) is 3. The molecule has 0 spiro atoms. The van der Waals surface area contributed by atoms with Crippen molar-refractivity contribution < 1.29 is 13.9 Å². The van der Waals surface area contributed by atoms with Gasteiger partial charge in [0.25, 0.3) is 5.91 Å². The molecule has 3 aromatic heterocycles. The number of carbonyl (C=O) groups is 1. The monoisotopic (exact) mass is 407 g/mol. The lowest BCUT2D eigenvalue weighted by Crippen LogP contribution is -2.51. The molecule has 1 amide bonds. The molecule has 1 aliphatic carbocycles. The Balaban J connectivity index is 1.50. The number of nitrogens with zero attached hydrogens (tertiary/aromatic N) is 4. The van der Waals surface area contributed by atoms with Crippen molar-refractivity contribution in [2.45, 2.75) is 25.0 Å². The second-order valence-electron chi connectivity index (χ2n) is 7.13. The third-order valence-electron chi connectivity index (χ3n) is 5.43. The lowest BCUT2D eigenvalue weighted by molar-refractivity contribution is 0.00732. The minimum absolute atomic E-state index is 0.00676. The number of nitrogens with one attached hydrogen (secondary N) is 3. The molecule has 10 nitrogen and oxygen atoms in total. The highest BCUT2D eigenvalue weighted by molar-refractivity contribution is 6.00. The molecule has 0 saturated heterocycles. The van der Waals surface area contributed by atoms with E-state index in [9.17, 15) is 4.79 Å². The van der Waals surface area contributed by atoms with Crippen LogP contribution < -0.4 is 16.0 Å². The number of ether oxygens (including phenoxy) is 1. The van der Waals surface area contributed by atoms with Crippen molar-refractivity contribution in [2.24, 2.45) is 0 Å². The van der Waals surface area contributed by atoms with Gasteiger partial charge < -0.3 is 25.1 Å². The Bertz CT molecular complexity index is 1230. The molecule has 10 heteroatoms. The number of benzene rings is 1. The second-order valence-corrected chi connectivity index (χ2v) is 7.13. The highest BCUT2D eigenvalue weighted by Crippen LogP contribution is 2.27. The zero-order valence-electron chi connectivity index (χ0n) is 16.5. The van der Waals surface area contributed by atoms with Crippen LogP contribution in [-0.2, 0) is 4.74 Å². The lowest BCUT2D eigenvalue weighted by atomic mass is 9.89. The molecule has 1 aromatic carbocycles. The van der Waals surface area contributed by atoms with Gasteiger partial charge >= 0.3 is 0 Å². The highest BCUT2D eigenvalue weighted by Gasteiger charge is 2.33. The van der Waals surface area contributed by atoms with E-state index in [1.165, 1.54) is 12.6 Å². The number of methoxy groups -OCH3 is 1. The van der Waals surface area contributed by atoms with E-state index in [0.717, 1.165) is 18.5 Å². The molecule has 0 bridgehead atoms. The lowest BCUT2D eigenvalue weighted by Gasteiger charge is -2.35. The Hall–Kier alpha value is -3.66. The minimum atomic E-state index is -0.220. The Morgan fingerprint density at radius 2 is 2.23 bits per heavy atom. The summed E-state index contributed by atoms with van der Waals surface area (Å²) in [6.45, 7) is 0. The van der Waals surface area contributed by atoms with Crippen LogP contribution in [-0.4, -0.2) is 51.8 Å². The Kier molecular flexibility index (Phi) is 4.47.